The fraction of sp³-hybridized carbons (Fsp3) is 0.500. The zero-order valence-corrected chi connectivity index (χ0v) is 7.62. The molecule has 0 bridgehead atoms. The summed E-state index contributed by atoms with van der Waals surface area (Å²) in [6.07, 6.45) is 1.54. The van der Waals surface area contributed by atoms with E-state index in [1.54, 1.807) is 18.4 Å². The molecule has 0 aromatic carbocycles. The minimum absolute atomic E-state index is 0.0890. The van der Waals surface area contributed by atoms with E-state index in [4.69, 9.17) is 4.42 Å². The van der Waals surface area contributed by atoms with Crippen LogP contribution in [0.2, 0.25) is 0 Å². The first kappa shape index (κ1) is 8.51. The minimum atomic E-state index is 0.0890. The van der Waals surface area contributed by atoms with Crippen LogP contribution in [0.3, 0.4) is 0 Å². The molecule has 0 spiro atoms. The van der Waals surface area contributed by atoms with E-state index in [-0.39, 0.29) is 11.7 Å². The highest BCUT2D eigenvalue weighted by Crippen LogP contribution is 2.20. The van der Waals surface area contributed by atoms with E-state index in [0.29, 0.717) is 11.7 Å². The second-order valence-electron chi connectivity index (χ2n) is 3.58. The lowest BCUT2D eigenvalue weighted by molar-refractivity contribution is 0.0879. The van der Waals surface area contributed by atoms with Crippen LogP contribution < -0.4 is 5.32 Å². The van der Waals surface area contributed by atoms with Gasteiger partial charge in [0.2, 0.25) is 5.78 Å². The van der Waals surface area contributed by atoms with Crippen molar-refractivity contribution < 1.29 is 9.21 Å². The number of carbonyl (C=O) groups is 1. The van der Waals surface area contributed by atoms with Crippen LogP contribution in [0.15, 0.2) is 22.8 Å². The van der Waals surface area contributed by atoms with Crippen molar-refractivity contribution in [2.24, 2.45) is 11.8 Å². The highest BCUT2D eigenvalue weighted by Gasteiger charge is 2.31. The summed E-state index contributed by atoms with van der Waals surface area (Å²) in [5, 5.41) is 3.20. The molecule has 2 rings (SSSR count). The molecule has 0 aliphatic carbocycles. The van der Waals surface area contributed by atoms with Gasteiger partial charge in [0, 0.05) is 12.5 Å². The van der Waals surface area contributed by atoms with Crippen LogP contribution in [0.1, 0.15) is 17.5 Å². The lowest BCUT2D eigenvalue weighted by atomic mass is 9.92. The van der Waals surface area contributed by atoms with Crippen LogP contribution in [-0.2, 0) is 0 Å². The van der Waals surface area contributed by atoms with Crippen molar-refractivity contribution in [1.29, 1.82) is 0 Å². The van der Waals surface area contributed by atoms with Crippen LogP contribution in [0, 0.1) is 11.8 Å². The van der Waals surface area contributed by atoms with Crippen molar-refractivity contribution in [2.75, 3.05) is 13.1 Å². The standard InChI is InChI=1S/C10H13NO2/c1-7-5-11-6-8(7)10(12)9-3-2-4-13-9/h2-4,7-8,11H,5-6H2,1H3. The Balaban J connectivity index is 2.13. The van der Waals surface area contributed by atoms with Crippen molar-refractivity contribution in [3.8, 4) is 0 Å². The molecule has 0 saturated carbocycles. The molecule has 1 N–H and O–H groups in total. The summed E-state index contributed by atoms with van der Waals surface area (Å²) in [5.74, 6) is 1.12. The summed E-state index contributed by atoms with van der Waals surface area (Å²) in [7, 11) is 0. The third kappa shape index (κ3) is 1.52. The van der Waals surface area contributed by atoms with E-state index in [1.165, 1.54) is 0 Å². The maximum absolute atomic E-state index is 11.8. The Labute approximate surface area is 77.1 Å². The summed E-state index contributed by atoms with van der Waals surface area (Å²) in [4.78, 5) is 11.8. The number of Topliss-reactive ketones (excluding diaryl/α,β-unsaturated/α-hetero) is 1. The SMILES string of the molecule is CC1CNCC1C(=O)c1ccco1. The summed E-state index contributed by atoms with van der Waals surface area (Å²) < 4.78 is 5.08. The molecule has 2 unspecified atom stereocenters. The van der Waals surface area contributed by atoms with Crippen molar-refractivity contribution in [1.82, 2.24) is 5.32 Å². The van der Waals surface area contributed by atoms with Crippen molar-refractivity contribution in [2.45, 2.75) is 6.92 Å². The Hall–Kier alpha value is -1.09. The molecular weight excluding hydrogens is 166 g/mol. The van der Waals surface area contributed by atoms with Gasteiger partial charge in [-0.05, 0) is 24.6 Å². The summed E-state index contributed by atoms with van der Waals surface area (Å²) in [6.45, 7) is 3.79. The van der Waals surface area contributed by atoms with E-state index in [2.05, 4.69) is 12.2 Å². The lowest BCUT2D eigenvalue weighted by Crippen LogP contribution is -2.20. The predicted octanol–water partition coefficient (Wildman–Crippen LogP) is 1.32. The van der Waals surface area contributed by atoms with E-state index < -0.39 is 0 Å². The first-order valence-electron chi connectivity index (χ1n) is 4.57. The second-order valence-corrected chi connectivity index (χ2v) is 3.58. The van der Waals surface area contributed by atoms with E-state index in [1.807, 2.05) is 0 Å². The number of nitrogens with one attached hydrogen (secondary N) is 1. The quantitative estimate of drug-likeness (QED) is 0.696. The molecule has 1 aromatic rings. The molecule has 1 aliphatic rings. The molecule has 0 radical (unpaired) electrons. The van der Waals surface area contributed by atoms with E-state index in [0.717, 1.165) is 13.1 Å². The molecule has 3 nitrogen and oxygen atoms in total. The lowest BCUT2D eigenvalue weighted by Gasteiger charge is -2.09. The van der Waals surface area contributed by atoms with Gasteiger partial charge < -0.3 is 9.73 Å². The van der Waals surface area contributed by atoms with Crippen LogP contribution in [0.25, 0.3) is 0 Å². The molecular formula is C10H13NO2. The second kappa shape index (κ2) is 3.34. The number of hydrogen-bond acceptors (Lipinski definition) is 3. The molecule has 3 heteroatoms. The molecule has 1 fully saturated rings. The normalized spacial score (nSPS) is 27.8. The van der Waals surface area contributed by atoms with Gasteiger partial charge >= 0.3 is 0 Å². The van der Waals surface area contributed by atoms with Gasteiger partial charge in [0.05, 0.1) is 6.26 Å². The predicted molar refractivity (Wildman–Crippen MR) is 48.6 cm³/mol. The number of furan rings is 1. The molecule has 2 atom stereocenters. The third-order valence-corrected chi connectivity index (χ3v) is 2.62. The monoisotopic (exact) mass is 179 g/mol. The minimum Gasteiger partial charge on any atom is -0.461 e. The van der Waals surface area contributed by atoms with Crippen molar-refractivity contribution in [3.05, 3.63) is 24.2 Å². The van der Waals surface area contributed by atoms with Crippen LogP contribution in [-0.4, -0.2) is 18.9 Å². The Morgan fingerprint density at radius 1 is 1.62 bits per heavy atom. The third-order valence-electron chi connectivity index (χ3n) is 2.62. The Kier molecular flexibility index (Phi) is 2.19. The number of rotatable bonds is 2. The van der Waals surface area contributed by atoms with Gasteiger partial charge in [0.1, 0.15) is 0 Å². The summed E-state index contributed by atoms with van der Waals surface area (Å²) >= 11 is 0. The molecule has 70 valence electrons. The smallest absolute Gasteiger partial charge is 0.202 e. The van der Waals surface area contributed by atoms with Gasteiger partial charge in [-0.3, -0.25) is 4.79 Å². The molecule has 1 aliphatic heterocycles. The maximum Gasteiger partial charge on any atom is 0.202 e. The summed E-state index contributed by atoms with van der Waals surface area (Å²) in [5.41, 5.74) is 0. The van der Waals surface area contributed by atoms with Crippen LogP contribution in [0.4, 0.5) is 0 Å². The maximum atomic E-state index is 11.8. The van der Waals surface area contributed by atoms with Gasteiger partial charge in [-0.1, -0.05) is 6.92 Å². The van der Waals surface area contributed by atoms with Gasteiger partial charge in [-0.15, -0.1) is 0 Å². The number of carbonyl (C=O) groups excluding carboxylic acids is 1. The average molecular weight is 179 g/mol. The summed E-state index contributed by atoms with van der Waals surface area (Å²) in [6, 6.07) is 3.48. The van der Waals surface area contributed by atoms with E-state index >= 15 is 0 Å². The highest BCUT2D eigenvalue weighted by molar-refractivity contribution is 5.95. The number of ketones is 1. The van der Waals surface area contributed by atoms with Gasteiger partial charge in [0.15, 0.2) is 5.76 Å². The molecule has 13 heavy (non-hydrogen) atoms. The zero-order valence-electron chi connectivity index (χ0n) is 7.62. The Morgan fingerprint density at radius 2 is 2.46 bits per heavy atom. The molecule has 1 saturated heterocycles. The van der Waals surface area contributed by atoms with Crippen LogP contribution in [0.5, 0.6) is 0 Å². The largest absolute Gasteiger partial charge is 0.461 e. The Bertz CT molecular complexity index is 292. The molecule has 1 aromatic heterocycles. The van der Waals surface area contributed by atoms with Crippen molar-refractivity contribution in [3.63, 3.8) is 0 Å². The number of hydrogen-bond donors (Lipinski definition) is 1. The van der Waals surface area contributed by atoms with Gasteiger partial charge in [-0.25, -0.2) is 0 Å². The average Bonchev–Trinajstić information content (AvgIpc) is 2.72. The zero-order chi connectivity index (χ0) is 9.26. The fourth-order valence-electron chi connectivity index (χ4n) is 1.76. The first-order chi connectivity index (χ1) is 6.29. The topological polar surface area (TPSA) is 42.2 Å². The van der Waals surface area contributed by atoms with Crippen molar-refractivity contribution >= 4 is 5.78 Å². The van der Waals surface area contributed by atoms with Crippen LogP contribution >= 0.6 is 0 Å². The fourth-order valence-corrected chi connectivity index (χ4v) is 1.76. The Morgan fingerprint density at radius 3 is 3.00 bits per heavy atom. The molecule has 0 amide bonds. The van der Waals surface area contributed by atoms with Gasteiger partial charge in [0.25, 0.3) is 0 Å². The first-order valence-corrected chi connectivity index (χ1v) is 4.57. The van der Waals surface area contributed by atoms with Gasteiger partial charge in [-0.2, -0.15) is 0 Å². The molecule has 2 heterocycles. The highest BCUT2D eigenvalue weighted by atomic mass is 16.3. The van der Waals surface area contributed by atoms with E-state index in [9.17, 15) is 4.79 Å².